The highest BCUT2D eigenvalue weighted by Crippen LogP contribution is 2.15. The molecule has 1 aliphatic heterocycles. The van der Waals surface area contributed by atoms with Crippen LogP contribution in [0.2, 0.25) is 0 Å². The summed E-state index contributed by atoms with van der Waals surface area (Å²) < 4.78 is 10.5. The number of hydrogen-bond donors (Lipinski definition) is 1. The van der Waals surface area contributed by atoms with Gasteiger partial charge in [-0.3, -0.25) is 0 Å². The number of ether oxygens (including phenoxy) is 2. The summed E-state index contributed by atoms with van der Waals surface area (Å²) in [6, 6.07) is 0. The van der Waals surface area contributed by atoms with E-state index in [1.807, 2.05) is 6.08 Å². The normalized spacial score (nSPS) is 30.6. The second kappa shape index (κ2) is 4.49. The van der Waals surface area contributed by atoms with Crippen LogP contribution in [0.5, 0.6) is 0 Å². The summed E-state index contributed by atoms with van der Waals surface area (Å²) in [6.07, 6.45) is 3.30. The van der Waals surface area contributed by atoms with Gasteiger partial charge in [-0.15, -0.1) is 6.58 Å². The molecule has 2 atom stereocenters. The first kappa shape index (κ1) is 8.71. The molecule has 0 amide bonds. The number of hydrogen-bond acceptors (Lipinski definition) is 3. The summed E-state index contributed by atoms with van der Waals surface area (Å²) in [5, 5.41) is 8.68. The van der Waals surface area contributed by atoms with E-state index < -0.39 is 0 Å². The van der Waals surface area contributed by atoms with Crippen LogP contribution in [0.4, 0.5) is 0 Å². The van der Waals surface area contributed by atoms with Gasteiger partial charge < -0.3 is 14.6 Å². The molecule has 0 spiro atoms. The van der Waals surface area contributed by atoms with Crippen molar-refractivity contribution in [1.29, 1.82) is 0 Å². The zero-order chi connectivity index (χ0) is 8.10. The lowest BCUT2D eigenvalue weighted by molar-refractivity contribution is -0.0682. The number of aliphatic hydroxyl groups is 1. The standard InChI is InChI=1S/C8H14O3/c1-2-3-4-8-10-6-7(5-9)11-8/h2,7-9H,1,3-6H2. The topological polar surface area (TPSA) is 38.7 Å². The molecule has 1 heterocycles. The van der Waals surface area contributed by atoms with E-state index in [1.54, 1.807) is 0 Å². The molecule has 0 aliphatic carbocycles. The van der Waals surface area contributed by atoms with Crippen molar-refractivity contribution in [1.82, 2.24) is 0 Å². The second-order valence-electron chi connectivity index (χ2n) is 2.57. The van der Waals surface area contributed by atoms with Gasteiger partial charge in [-0.2, -0.15) is 0 Å². The Kier molecular flexibility index (Phi) is 3.56. The van der Waals surface area contributed by atoms with Crippen LogP contribution in [-0.2, 0) is 9.47 Å². The Balaban J connectivity index is 2.13. The minimum Gasteiger partial charge on any atom is -0.394 e. The van der Waals surface area contributed by atoms with Crippen LogP contribution in [-0.4, -0.2) is 30.7 Å². The van der Waals surface area contributed by atoms with E-state index in [2.05, 4.69) is 6.58 Å². The van der Waals surface area contributed by atoms with Crippen LogP contribution in [0.25, 0.3) is 0 Å². The molecule has 0 radical (unpaired) electrons. The van der Waals surface area contributed by atoms with Crippen molar-refractivity contribution in [3.05, 3.63) is 12.7 Å². The lowest BCUT2D eigenvalue weighted by atomic mass is 10.3. The summed E-state index contributed by atoms with van der Waals surface area (Å²) in [4.78, 5) is 0. The third-order valence-electron chi connectivity index (χ3n) is 1.62. The van der Waals surface area contributed by atoms with E-state index in [4.69, 9.17) is 14.6 Å². The molecule has 0 aromatic heterocycles. The zero-order valence-corrected chi connectivity index (χ0v) is 6.53. The van der Waals surface area contributed by atoms with E-state index in [1.165, 1.54) is 0 Å². The second-order valence-corrected chi connectivity index (χ2v) is 2.57. The van der Waals surface area contributed by atoms with Gasteiger partial charge in [0.05, 0.1) is 13.2 Å². The predicted octanol–water partition coefficient (Wildman–Crippen LogP) is 0.686. The van der Waals surface area contributed by atoms with Gasteiger partial charge in [0, 0.05) is 6.42 Å². The van der Waals surface area contributed by atoms with Gasteiger partial charge in [0.15, 0.2) is 6.29 Å². The lowest BCUT2D eigenvalue weighted by Gasteiger charge is -2.07. The first-order chi connectivity index (χ1) is 5.36. The van der Waals surface area contributed by atoms with E-state index in [0.29, 0.717) is 6.61 Å². The van der Waals surface area contributed by atoms with Gasteiger partial charge in [-0.1, -0.05) is 6.08 Å². The highest BCUT2D eigenvalue weighted by Gasteiger charge is 2.24. The Labute approximate surface area is 66.6 Å². The maximum absolute atomic E-state index is 8.68. The minimum absolute atomic E-state index is 0.0462. The first-order valence-corrected chi connectivity index (χ1v) is 3.85. The van der Waals surface area contributed by atoms with Crippen molar-refractivity contribution in [3.63, 3.8) is 0 Å². The SMILES string of the molecule is C=CCCC1OCC(CO)O1. The molecule has 0 saturated carbocycles. The Morgan fingerprint density at radius 2 is 2.45 bits per heavy atom. The van der Waals surface area contributed by atoms with Crippen LogP contribution in [0.3, 0.4) is 0 Å². The summed E-state index contributed by atoms with van der Waals surface area (Å²) in [5.74, 6) is 0. The highest BCUT2D eigenvalue weighted by molar-refractivity contribution is 4.70. The number of allylic oxidation sites excluding steroid dienone is 1. The fraction of sp³-hybridized carbons (Fsp3) is 0.750. The molecule has 3 heteroatoms. The van der Waals surface area contributed by atoms with E-state index in [0.717, 1.165) is 12.8 Å². The molecule has 1 saturated heterocycles. The maximum atomic E-state index is 8.68. The Bertz CT molecular complexity index is 125. The summed E-state index contributed by atoms with van der Waals surface area (Å²) in [6.45, 7) is 4.16. The van der Waals surface area contributed by atoms with Gasteiger partial charge in [-0.05, 0) is 6.42 Å². The fourth-order valence-corrected chi connectivity index (χ4v) is 1.01. The molecule has 64 valence electrons. The van der Waals surface area contributed by atoms with Crippen LogP contribution in [0.1, 0.15) is 12.8 Å². The van der Waals surface area contributed by atoms with Crippen molar-refractivity contribution < 1.29 is 14.6 Å². The third kappa shape index (κ3) is 2.61. The summed E-state index contributed by atoms with van der Waals surface area (Å²) >= 11 is 0. The number of aliphatic hydroxyl groups excluding tert-OH is 1. The summed E-state index contributed by atoms with van der Waals surface area (Å²) in [7, 11) is 0. The highest BCUT2D eigenvalue weighted by atomic mass is 16.7. The molecule has 1 fully saturated rings. The molecular formula is C8H14O3. The van der Waals surface area contributed by atoms with Crippen molar-refractivity contribution in [2.45, 2.75) is 25.2 Å². The molecule has 11 heavy (non-hydrogen) atoms. The molecule has 2 unspecified atom stereocenters. The Hall–Kier alpha value is -0.380. The average molecular weight is 158 g/mol. The van der Waals surface area contributed by atoms with Crippen molar-refractivity contribution in [2.24, 2.45) is 0 Å². The third-order valence-corrected chi connectivity index (χ3v) is 1.62. The molecule has 3 nitrogen and oxygen atoms in total. The average Bonchev–Trinajstić information content (AvgIpc) is 2.48. The van der Waals surface area contributed by atoms with Crippen molar-refractivity contribution >= 4 is 0 Å². The predicted molar refractivity (Wildman–Crippen MR) is 41.1 cm³/mol. The van der Waals surface area contributed by atoms with E-state index in [-0.39, 0.29) is 19.0 Å². The van der Waals surface area contributed by atoms with Gasteiger partial charge in [-0.25, -0.2) is 0 Å². The smallest absolute Gasteiger partial charge is 0.158 e. The van der Waals surface area contributed by atoms with Gasteiger partial charge in [0.2, 0.25) is 0 Å². The molecule has 1 rings (SSSR count). The maximum Gasteiger partial charge on any atom is 0.158 e. The van der Waals surface area contributed by atoms with Gasteiger partial charge >= 0.3 is 0 Å². The van der Waals surface area contributed by atoms with Crippen molar-refractivity contribution in [2.75, 3.05) is 13.2 Å². The molecule has 1 aliphatic rings. The van der Waals surface area contributed by atoms with E-state index >= 15 is 0 Å². The monoisotopic (exact) mass is 158 g/mol. The fourth-order valence-electron chi connectivity index (χ4n) is 1.01. The quantitative estimate of drug-likeness (QED) is 0.612. The summed E-state index contributed by atoms with van der Waals surface area (Å²) in [5.41, 5.74) is 0. The van der Waals surface area contributed by atoms with Crippen molar-refractivity contribution in [3.8, 4) is 0 Å². The van der Waals surface area contributed by atoms with E-state index in [9.17, 15) is 0 Å². The minimum atomic E-state index is -0.134. The molecule has 0 aromatic carbocycles. The molecule has 0 bridgehead atoms. The van der Waals surface area contributed by atoms with Gasteiger partial charge in [0.1, 0.15) is 6.10 Å². The van der Waals surface area contributed by atoms with Crippen LogP contribution in [0, 0.1) is 0 Å². The zero-order valence-electron chi connectivity index (χ0n) is 6.53. The molecule has 1 N–H and O–H groups in total. The molecular weight excluding hydrogens is 144 g/mol. The largest absolute Gasteiger partial charge is 0.394 e. The number of rotatable bonds is 4. The molecule has 0 aromatic rings. The van der Waals surface area contributed by atoms with Crippen LogP contribution < -0.4 is 0 Å². The Morgan fingerprint density at radius 1 is 1.64 bits per heavy atom. The van der Waals surface area contributed by atoms with Gasteiger partial charge in [0.25, 0.3) is 0 Å². The first-order valence-electron chi connectivity index (χ1n) is 3.85. The Morgan fingerprint density at radius 3 is 3.00 bits per heavy atom. The lowest BCUT2D eigenvalue weighted by Crippen LogP contribution is -2.16. The van der Waals surface area contributed by atoms with Crippen LogP contribution in [0.15, 0.2) is 12.7 Å². The van der Waals surface area contributed by atoms with Crippen LogP contribution >= 0.6 is 0 Å².